The van der Waals surface area contributed by atoms with Crippen molar-refractivity contribution < 1.29 is 24.4 Å². The fourth-order valence-corrected chi connectivity index (χ4v) is 8.41. The third-order valence-corrected chi connectivity index (χ3v) is 10.3. The molecule has 3 saturated carbocycles. The summed E-state index contributed by atoms with van der Waals surface area (Å²) >= 11 is 0. The lowest BCUT2D eigenvalue weighted by Crippen LogP contribution is -2.54. The molecule has 0 amide bonds. The van der Waals surface area contributed by atoms with Gasteiger partial charge < -0.3 is 9.84 Å². The Morgan fingerprint density at radius 2 is 1.91 bits per heavy atom. The van der Waals surface area contributed by atoms with Gasteiger partial charge in [0.25, 0.3) is 0 Å². The SMILES string of the molecule is COC(=O)CC[C@@H](C)[C@H]1CCC2C3CC[C@@H]4C[C@H](O)CC[C@]4(C)C3=CC(OOC(C)(C)C)[C@@]21C. The van der Waals surface area contributed by atoms with Crippen molar-refractivity contribution in [1.29, 1.82) is 0 Å². The highest BCUT2D eigenvalue weighted by atomic mass is 17.2. The van der Waals surface area contributed by atoms with E-state index in [4.69, 9.17) is 14.5 Å². The second-order valence-electron chi connectivity index (χ2n) is 13.3. The summed E-state index contributed by atoms with van der Waals surface area (Å²) < 4.78 is 4.92. The fraction of sp³-hybridized carbons (Fsp3) is 0.897. The second-order valence-corrected chi connectivity index (χ2v) is 13.3. The molecule has 0 radical (unpaired) electrons. The molecule has 0 bridgehead atoms. The summed E-state index contributed by atoms with van der Waals surface area (Å²) in [4.78, 5) is 24.2. The third kappa shape index (κ3) is 4.62. The molecule has 4 aliphatic carbocycles. The molecule has 0 saturated heterocycles. The van der Waals surface area contributed by atoms with Crippen LogP contribution in [-0.4, -0.2) is 36.0 Å². The molecule has 0 heterocycles. The number of aliphatic hydroxyl groups is 1. The normalized spacial score (nSPS) is 42.8. The number of hydrogen-bond acceptors (Lipinski definition) is 5. The van der Waals surface area contributed by atoms with Gasteiger partial charge in [-0.05, 0) is 107 Å². The third-order valence-electron chi connectivity index (χ3n) is 10.3. The molecule has 3 unspecified atom stereocenters. The Kier molecular flexibility index (Phi) is 7.32. The maximum Gasteiger partial charge on any atom is 0.305 e. The van der Waals surface area contributed by atoms with Crippen LogP contribution in [0.15, 0.2) is 11.6 Å². The Balaban J connectivity index is 1.67. The van der Waals surface area contributed by atoms with Crippen LogP contribution in [0.4, 0.5) is 0 Å². The highest BCUT2D eigenvalue weighted by Crippen LogP contribution is 2.67. The quantitative estimate of drug-likeness (QED) is 0.213. The smallest absolute Gasteiger partial charge is 0.305 e. The number of allylic oxidation sites excluding steroid dienone is 1. The lowest BCUT2D eigenvalue weighted by Gasteiger charge is -2.58. The average molecular weight is 477 g/mol. The van der Waals surface area contributed by atoms with Crippen molar-refractivity contribution in [1.82, 2.24) is 0 Å². The molecule has 3 fully saturated rings. The molecule has 4 rings (SSSR count). The lowest BCUT2D eigenvalue weighted by atomic mass is 9.47. The number of hydrogen-bond donors (Lipinski definition) is 1. The number of ether oxygens (including phenoxy) is 1. The van der Waals surface area contributed by atoms with Crippen LogP contribution in [0, 0.1) is 40.4 Å². The van der Waals surface area contributed by atoms with Crippen molar-refractivity contribution in [2.24, 2.45) is 40.4 Å². The number of rotatable bonds is 6. The standard InChI is InChI=1S/C29H48O5/c1-18(8-13-26(31)32-7)22-11-12-23-21-10-9-19-16-20(30)14-15-28(19,5)24(21)17-25(29(22,23)6)33-34-27(2,3)4/h17-23,25,30H,8-16H2,1-7H3/t18-,19-,20-,21?,22-,23?,25?,28+,29-/m1/s1. The fourth-order valence-electron chi connectivity index (χ4n) is 8.41. The largest absolute Gasteiger partial charge is 0.469 e. The molecule has 1 N–H and O–H groups in total. The summed E-state index contributed by atoms with van der Waals surface area (Å²) in [6, 6.07) is 0. The second kappa shape index (κ2) is 9.52. The lowest BCUT2D eigenvalue weighted by molar-refractivity contribution is -0.385. The summed E-state index contributed by atoms with van der Waals surface area (Å²) in [5.74, 6) is 2.49. The molecule has 0 aliphatic heterocycles. The van der Waals surface area contributed by atoms with E-state index in [1.807, 2.05) is 20.8 Å². The van der Waals surface area contributed by atoms with Crippen LogP contribution in [0.3, 0.4) is 0 Å². The molecule has 0 aromatic carbocycles. The minimum atomic E-state index is -0.375. The Labute approximate surface area is 206 Å². The molecule has 194 valence electrons. The van der Waals surface area contributed by atoms with Crippen LogP contribution in [0.2, 0.25) is 0 Å². The number of carbonyl (C=O) groups excluding carboxylic acids is 1. The van der Waals surface area contributed by atoms with Crippen molar-refractivity contribution in [3.63, 3.8) is 0 Å². The van der Waals surface area contributed by atoms with Crippen LogP contribution >= 0.6 is 0 Å². The number of fused-ring (bicyclic) bond motifs is 5. The van der Waals surface area contributed by atoms with Gasteiger partial charge in [0.15, 0.2) is 0 Å². The van der Waals surface area contributed by atoms with Crippen LogP contribution in [-0.2, 0) is 19.3 Å². The first-order valence-electron chi connectivity index (χ1n) is 13.7. The maximum atomic E-state index is 11.9. The van der Waals surface area contributed by atoms with E-state index in [2.05, 4.69) is 26.8 Å². The van der Waals surface area contributed by atoms with Gasteiger partial charge in [-0.1, -0.05) is 32.4 Å². The zero-order chi connectivity index (χ0) is 24.9. The Hall–Kier alpha value is -0.910. The van der Waals surface area contributed by atoms with Crippen LogP contribution in [0.5, 0.6) is 0 Å². The van der Waals surface area contributed by atoms with Crippen LogP contribution < -0.4 is 0 Å². The van der Waals surface area contributed by atoms with E-state index < -0.39 is 0 Å². The number of carbonyl (C=O) groups is 1. The van der Waals surface area contributed by atoms with Gasteiger partial charge in [0.1, 0.15) is 6.10 Å². The van der Waals surface area contributed by atoms with E-state index in [0.717, 1.165) is 25.7 Å². The first kappa shape index (κ1) is 26.2. The summed E-state index contributed by atoms with van der Waals surface area (Å²) in [6.45, 7) is 13.3. The van der Waals surface area contributed by atoms with Crippen molar-refractivity contribution in [3.8, 4) is 0 Å². The molecule has 5 heteroatoms. The zero-order valence-corrected chi connectivity index (χ0v) is 22.6. The maximum absolute atomic E-state index is 11.9. The molecular weight excluding hydrogens is 428 g/mol. The van der Waals surface area contributed by atoms with Crippen LogP contribution in [0.25, 0.3) is 0 Å². The molecule has 9 atom stereocenters. The van der Waals surface area contributed by atoms with Crippen molar-refractivity contribution >= 4 is 5.97 Å². The van der Waals surface area contributed by atoms with E-state index in [1.54, 1.807) is 5.57 Å². The Morgan fingerprint density at radius 3 is 2.59 bits per heavy atom. The van der Waals surface area contributed by atoms with E-state index in [1.165, 1.54) is 32.8 Å². The van der Waals surface area contributed by atoms with Crippen LogP contribution in [0.1, 0.15) is 99.3 Å². The zero-order valence-electron chi connectivity index (χ0n) is 22.6. The highest BCUT2D eigenvalue weighted by molar-refractivity contribution is 5.69. The van der Waals surface area contributed by atoms with E-state index in [-0.39, 0.29) is 34.6 Å². The number of esters is 1. The average Bonchev–Trinajstić information content (AvgIpc) is 3.13. The molecule has 5 nitrogen and oxygen atoms in total. The predicted octanol–water partition coefficient (Wildman–Crippen LogP) is 6.24. The summed E-state index contributed by atoms with van der Waals surface area (Å²) in [7, 11) is 1.47. The molecular formula is C29H48O5. The van der Waals surface area contributed by atoms with Crippen molar-refractivity contribution in [3.05, 3.63) is 11.6 Å². The minimum absolute atomic E-state index is 0.0215. The highest BCUT2D eigenvalue weighted by Gasteiger charge is 2.61. The molecule has 34 heavy (non-hydrogen) atoms. The number of aliphatic hydroxyl groups excluding tert-OH is 1. The summed E-state index contributed by atoms with van der Waals surface area (Å²) in [5.41, 5.74) is 1.34. The van der Waals surface area contributed by atoms with Gasteiger partial charge in [0, 0.05) is 11.8 Å². The Bertz CT molecular complexity index is 784. The van der Waals surface area contributed by atoms with E-state index in [0.29, 0.717) is 36.0 Å². The van der Waals surface area contributed by atoms with Gasteiger partial charge >= 0.3 is 5.97 Å². The van der Waals surface area contributed by atoms with Gasteiger partial charge in [0.2, 0.25) is 0 Å². The topological polar surface area (TPSA) is 65.0 Å². The number of methoxy groups -OCH3 is 1. The van der Waals surface area contributed by atoms with Crippen molar-refractivity contribution in [2.45, 2.75) is 117 Å². The molecule has 4 aliphatic rings. The first-order valence-corrected chi connectivity index (χ1v) is 13.7. The van der Waals surface area contributed by atoms with Gasteiger partial charge in [-0.15, -0.1) is 0 Å². The van der Waals surface area contributed by atoms with E-state index >= 15 is 0 Å². The molecule has 0 aromatic heterocycles. The summed E-state index contributed by atoms with van der Waals surface area (Å²) in [5, 5.41) is 10.4. The minimum Gasteiger partial charge on any atom is -0.469 e. The van der Waals surface area contributed by atoms with Gasteiger partial charge in [-0.3, -0.25) is 4.79 Å². The molecule has 0 aromatic rings. The van der Waals surface area contributed by atoms with Crippen molar-refractivity contribution in [2.75, 3.05) is 7.11 Å². The summed E-state index contributed by atoms with van der Waals surface area (Å²) in [6.07, 6.45) is 11.3. The molecule has 0 spiro atoms. The van der Waals surface area contributed by atoms with E-state index in [9.17, 15) is 9.90 Å². The van der Waals surface area contributed by atoms with Gasteiger partial charge in [0.05, 0.1) is 18.8 Å². The first-order chi connectivity index (χ1) is 15.9. The monoisotopic (exact) mass is 476 g/mol. The van der Waals surface area contributed by atoms with Gasteiger partial charge in [-0.2, -0.15) is 0 Å². The predicted molar refractivity (Wildman–Crippen MR) is 133 cm³/mol. The van der Waals surface area contributed by atoms with Gasteiger partial charge in [-0.25, -0.2) is 9.78 Å². The Morgan fingerprint density at radius 1 is 1.18 bits per heavy atom.